The van der Waals surface area contributed by atoms with Gasteiger partial charge in [0, 0.05) is 18.7 Å². The van der Waals surface area contributed by atoms with Crippen molar-refractivity contribution in [3.05, 3.63) is 29.8 Å². The number of carbonyl (C=O) groups is 1. The van der Waals surface area contributed by atoms with Crippen LogP contribution in [0.15, 0.2) is 24.3 Å². The van der Waals surface area contributed by atoms with Gasteiger partial charge in [0.25, 0.3) is 5.91 Å². The molecule has 1 amide bonds. The molecule has 0 radical (unpaired) electrons. The molecule has 2 N–H and O–H groups in total. The van der Waals surface area contributed by atoms with E-state index in [0.717, 1.165) is 0 Å². The number of carbonyl (C=O) groups excluding carboxylic acids is 1. The normalized spacial score (nSPS) is 17.4. The van der Waals surface area contributed by atoms with Crippen LogP contribution in [0.2, 0.25) is 0 Å². The molecule has 0 aromatic heterocycles. The number of aliphatic hydroxyl groups excluding tert-OH is 1. The zero-order chi connectivity index (χ0) is 11.5. The van der Waals surface area contributed by atoms with Crippen molar-refractivity contribution in [2.45, 2.75) is 18.9 Å². The molecule has 86 valence electrons. The predicted molar refractivity (Wildman–Crippen MR) is 59.3 cm³/mol. The second-order valence-electron chi connectivity index (χ2n) is 4.07. The van der Waals surface area contributed by atoms with Crippen LogP contribution in [0.3, 0.4) is 0 Å². The Kier molecular flexibility index (Phi) is 3.10. The fraction of sp³-hybridized carbons (Fsp3) is 0.417. The Morgan fingerprint density at radius 2 is 1.75 bits per heavy atom. The number of hydrogen-bond acceptors (Lipinski definition) is 3. The van der Waals surface area contributed by atoms with Gasteiger partial charge in [-0.3, -0.25) is 4.79 Å². The van der Waals surface area contributed by atoms with Crippen molar-refractivity contribution < 1.29 is 15.0 Å². The molecule has 1 aromatic rings. The van der Waals surface area contributed by atoms with Crippen LogP contribution in [0.5, 0.6) is 5.75 Å². The minimum atomic E-state index is -0.274. The zero-order valence-corrected chi connectivity index (χ0v) is 8.97. The van der Waals surface area contributed by atoms with Crippen molar-refractivity contribution in [3.63, 3.8) is 0 Å². The van der Waals surface area contributed by atoms with E-state index in [9.17, 15) is 9.90 Å². The average molecular weight is 221 g/mol. The number of benzene rings is 1. The highest BCUT2D eigenvalue weighted by molar-refractivity contribution is 5.94. The molecular weight excluding hydrogens is 206 g/mol. The lowest BCUT2D eigenvalue weighted by Crippen LogP contribution is -2.40. The maximum Gasteiger partial charge on any atom is 0.253 e. The van der Waals surface area contributed by atoms with E-state index in [1.165, 1.54) is 12.1 Å². The molecule has 0 atom stereocenters. The summed E-state index contributed by atoms with van der Waals surface area (Å²) >= 11 is 0. The lowest BCUT2D eigenvalue weighted by Gasteiger charge is -2.29. The van der Waals surface area contributed by atoms with Crippen LogP contribution >= 0.6 is 0 Å². The summed E-state index contributed by atoms with van der Waals surface area (Å²) in [5.41, 5.74) is 0.578. The van der Waals surface area contributed by atoms with E-state index in [-0.39, 0.29) is 17.8 Å². The summed E-state index contributed by atoms with van der Waals surface area (Å²) in [5.74, 6) is 0.123. The van der Waals surface area contributed by atoms with E-state index in [1.807, 2.05) is 0 Å². The first-order valence-corrected chi connectivity index (χ1v) is 5.43. The highest BCUT2D eigenvalue weighted by Crippen LogP contribution is 2.15. The number of hydrogen-bond donors (Lipinski definition) is 2. The molecule has 4 nitrogen and oxygen atoms in total. The topological polar surface area (TPSA) is 60.8 Å². The summed E-state index contributed by atoms with van der Waals surface area (Å²) in [6.07, 6.45) is 1.01. The van der Waals surface area contributed by atoms with E-state index < -0.39 is 0 Å². The van der Waals surface area contributed by atoms with Gasteiger partial charge in [0.05, 0.1) is 6.10 Å². The number of piperidine rings is 1. The van der Waals surface area contributed by atoms with Gasteiger partial charge in [0.1, 0.15) is 5.75 Å². The van der Waals surface area contributed by atoms with E-state index in [4.69, 9.17) is 5.11 Å². The van der Waals surface area contributed by atoms with Gasteiger partial charge in [0.15, 0.2) is 0 Å². The van der Waals surface area contributed by atoms with Gasteiger partial charge in [-0.05, 0) is 37.1 Å². The fourth-order valence-corrected chi connectivity index (χ4v) is 1.86. The number of phenolic OH excluding ortho intramolecular Hbond substituents is 1. The summed E-state index contributed by atoms with van der Waals surface area (Å²) in [7, 11) is 0. The monoisotopic (exact) mass is 221 g/mol. The van der Waals surface area contributed by atoms with Crippen LogP contribution in [0.4, 0.5) is 0 Å². The second-order valence-corrected chi connectivity index (χ2v) is 4.07. The predicted octanol–water partition coefficient (Wildman–Crippen LogP) is 0.989. The third kappa shape index (κ3) is 2.33. The number of rotatable bonds is 1. The summed E-state index contributed by atoms with van der Waals surface area (Å²) < 4.78 is 0. The maximum atomic E-state index is 12.0. The summed E-state index contributed by atoms with van der Waals surface area (Å²) in [6.45, 7) is 1.20. The van der Waals surface area contributed by atoms with Gasteiger partial charge in [-0.2, -0.15) is 0 Å². The van der Waals surface area contributed by atoms with E-state index >= 15 is 0 Å². The lowest BCUT2D eigenvalue weighted by atomic mass is 10.1. The smallest absolute Gasteiger partial charge is 0.253 e. The van der Waals surface area contributed by atoms with E-state index in [1.54, 1.807) is 17.0 Å². The van der Waals surface area contributed by atoms with Crippen molar-refractivity contribution in [1.29, 1.82) is 0 Å². The van der Waals surface area contributed by atoms with Crippen molar-refractivity contribution >= 4 is 5.91 Å². The quantitative estimate of drug-likeness (QED) is 0.743. The first-order chi connectivity index (χ1) is 7.66. The number of nitrogens with zero attached hydrogens (tertiary/aromatic N) is 1. The van der Waals surface area contributed by atoms with Crippen LogP contribution in [-0.4, -0.2) is 40.2 Å². The molecule has 16 heavy (non-hydrogen) atoms. The Labute approximate surface area is 94.1 Å². The van der Waals surface area contributed by atoms with Gasteiger partial charge < -0.3 is 15.1 Å². The highest BCUT2D eigenvalue weighted by Gasteiger charge is 2.21. The van der Waals surface area contributed by atoms with Crippen molar-refractivity contribution in [3.8, 4) is 5.75 Å². The summed E-state index contributed by atoms with van der Waals surface area (Å²) in [6, 6.07) is 6.24. The van der Waals surface area contributed by atoms with Crippen LogP contribution in [0.25, 0.3) is 0 Å². The standard InChI is InChI=1S/C12H15NO3/c14-10-3-1-9(2-4-10)12(16)13-7-5-11(15)6-8-13/h1-4,11,14-15H,5-8H2. The first kappa shape index (κ1) is 11.0. The Morgan fingerprint density at radius 3 is 2.31 bits per heavy atom. The molecular formula is C12H15NO3. The minimum absolute atomic E-state index is 0.0353. The van der Waals surface area contributed by atoms with Gasteiger partial charge in [-0.1, -0.05) is 0 Å². The van der Waals surface area contributed by atoms with Crippen molar-refractivity contribution in [2.75, 3.05) is 13.1 Å². The number of aromatic hydroxyl groups is 1. The van der Waals surface area contributed by atoms with Crippen LogP contribution in [0, 0.1) is 0 Å². The van der Waals surface area contributed by atoms with Gasteiger partial charge in [-0.15, -0.1) is 0 Å². The Balaban J connectivity index is 2.05. The molecule has 0 bridgehead atoms. The molecule has 1 heterocycles. The molecule has 1 aliphatic rings. The zero-order valence-electron chi connectivity index (χ0n) is 8.97. The molecule has 1 fully saturated rings. The molecule has 1 aliphatic heterocycles. The van der Waals surface area contributed by atoms with Gasteiger partial charge in [0.2, 0.25) is 0 Å². The molecule has 0 saturated carbocycles. The third-order valence-corrected chi connectivity index (χ3v) is 2.87. The largest absolute Gasteiger partial charge is 0.508 e. The molecule has 2 rings (SSSR count). The van der Waals surface area contributed by atoms with Gasteiger partial charge in [-0.25, -0.2) is 0 Å². The lowest BCUT2D eigenvalue weighted by molar-refractivity contribution is 0.0546. The van der Waals surface area contributed by atoms with Crippen molar-refractivity contribution in [1.82, 2.24) is 4.90 Å². The number of likely N-dealkylation sites (tertiary alicyclic amines) is 1. The van der Waals surface area contributed by atoms with Crippen LogP contribution in [-0.2, 0) is 0 Å². The molecule has 1 aromatic carbocycles. The number of phenols is 1. The minimum Gasteiger partial charge on any atom is -0.508 e. The molecule has 0 unspecified atom stereocenters. The fourth-order valence-electron chi connectivity index (χ4n) is 1.86. The van der Waals surface area contributed by atoms with Crippen LogP contribution < -0.4 is 0 Å². The van der Waals surface area contributed by atoms with E-state index in [2.05, 4.69) is 0 Å². The number of amides is 1. The van der Waals surface area contributed by atoms with E-state index in [0.29, 0.717) is 31.5 Å². The van der Waals surface area contributed by atoms with Crippen LogP contribution in [0.1, 0.15) is 23.2 Å². The maximum absolute atomic E-state index is 12.0. The first-order valence-electron chi connectivity index (χ1n) is 5.43. The Bertz CT molecular complexity index is 366. The molecule has 4 heteroatoms. The Hall–Kier alpha value is -1.55. The second kappa shape index (κ2) is 4.53. The SMILES string of the molecule is O=C(c1ccc(O)cc1)N1CCC(O)CC1. The average Bonchev–Trinajstić information content (AvgIpc) is 2.30. The molecule has 0 aliphatic carbocycles. The Morgan fingerprint density at radius 1 is 1.19 bits per heavy atom. The molecule has 1 saturated heterocycles. The molecule has 0 spiro atoms. The highest BCUT2D eigenvalue weighted by atomic mass is 16.3. The van der Waals surface area contributed by atoms with Crippen molar-refractivity contribution in [2.24, 2.45) is 0 Å². The summed E-state index contributed by atoms with van der Waals surface area (Å²) in [4.78, 5) is 13.7. The third-order valence-electron chi connectivity index (χ3n) is 2.87. The number of aliphatic hydroxyl groups is 1. The summed E-state index contributed by atoms with van der Waals surface area (Å²) in [5, 5.41) is 18.5. The van der Waals surface area contributed by atoms with Gasteiger partial charge >= 0.3 is 0 Å².